The van der Waals surface area contributed by atoms with Gasteiger partial charge in [0.2, 0.25) is 0 Å². The van der Waals surface area contributed by atoms with Crippen molar-refractivity contribution in [1.29, 1.82) is 0 Å². The first-order chi connectivity index (χ1) is 10.2. The Kier molecular flexibility index (Phi) is 3.48. The van der Waals surface area contributed by atoms with Gasteiger partial charge in [0.25, 0.3) is 0 Å². The van der Waals surface area contributed by atoms with Crippen molar-refractivity contribution in [3.63, 3.8) is 0 Å². The molecule has 0 unspecified atom stereocenters. The van der Waals surface area contributed by atoms with E-state index in [2.05, 4.69) is 10.3 Å². The van der Waals surface area contributed by atoms with Crippen molar-refractivity contribution in [3.8, 4) is 0 Å². The number of pyridine rings is 1. The van der Waals surface area contributed by atoms with Gasteiger partial charge in [-0.1, -0.05) is 24.3 Å². The summed E-state index contributed by atoms with van der Waals surface area (Å²) in [5, 5.41) is 4.70. The van der Waals surface area contributed by atoms with E-state index in [1.165, 1.54) is 6.07 Å². The molecule has 0 atom stereocenters. The lowest BCUT2D eigenvalue weighted by atomic mass is 10.1. The highest BCUT2D eigenvalue weighted by molar-refractivity contribution is 5.84. The number of halogens is 3. The second-order valence-corrected chi connectivity index (χ2v) is 4.60. The zero-order valence-corrected chi connectivity index (χ0v) is 10.9. The summed E-state index contributed by atoms with van der Waals surface area (Å²) in [6.07, 6.45) is 3.39. The predicted molar refractivity (Wildman–Crippen MR) is 75.4 cm³/mol. The molecule has 0 amide bonds. The Hall–Kier alpha value is -2.56. The number of fused-ring (bicyclic) bond motifs is 1. The van der Waals surface area contributed by atoms with Gasteiger partial charge in [-0.3, -0.25) is 4.98 Å². The second kappa shape index (κ2) is 5.44. The molecule has 0 aliphatic carbocycles. The molecule has 0 spiro atoms. The molecule has 0 fully saturated rings. The van der Waals surface area contributed by atoms with Crippen LogP contribution in [0.4, 0.5) is 18.9 Å². The fourth-order valence-electron chi connectivity index (χ4n) is 2.17. The van der Waals surface area contributed by atoms with E-state index in [9.17, 15) is 13.2 Å². The first-order valence-electron chi connectivity index (χ1n) is 6.36. The molecule has 2 aromatic carbocycles. The van der Waals surface area contributed by atoms with Gasteiger partial charge >= 0.3 is 0 Å². The summed E-state index contributed by atoms with van der Waals surface area (Å²) >= 11 is 0. The van der Waals surface area contributed by atoms with Crippen LogP contribution in [0.15, 0.2) is 48.8 Å². The molecule has 2 nitrogen and oxygen atoms in total. The molecule has 1 N–H and O–H groups in total. The van der Waals surface area contributed by atoms with E-state index >= 15 is 0 Å². The molecule has 0 saturated carbocycles. The molecule has 0 radical (unpaired) electrons. The Morgan fingerprint density at radius 2 is 1.71 bits per heavy atom. The molecular weight excluding hydrogens is 277 g/mol. The van der Waals surface area contributed by atoms with Gasteiger partial charge in [0.05, 0.1) is 5.69 Å². The summed E-state index contributed by atoms with van der Waals surface area (Å²) in [7, 11) is 0. The smallest absolute Gasteiger partial charge is 0.196 e. The standard InChI is InChI=1S/C16H11F3N2/c17-13-5-6-14(16(19)15(13)18)21-9-11-8-20-7-10-3-1-2-4-12(10)11/h1-8,21H,9H2. The van der Waals surface area contributed by atoms with Crippen molar-refractivity contribution in [1.82, 2.24) is 4.98 Å². The zero-order valence-electron chi connectivity index (χ0n) is 10.9. The van der Waals surface area contributed by atoms with E-state index in [1.807, 2.05) is 24.3 Å². The van der Waals surface area contributed by atoms with Gasteiger partial charge in [0.1, 0.15) is 0 Å². The van der Waals surface area contributed by atoms with Gasteiger partial charge in [0, 0.05) is 24.3 Å². The summed E-state index contributed by atoms with van der Waals surface area (Å²) in [5.74, 6) is -3.90. The van der Waals surface area contributed by atoms with Gasteiger partial charge in [0.15, 0.2) is 17.5 Å². The van der Waals surface area contributed by atoms with Crippen molar-refractivity contribution in [2.45, 2.75) is 6.54 Å². The van der Waals surface area contributed by atoms with E-state index in [0.717, 1.165) is 22.4 Å². The molecule has 21 heavy (non-hydrogen) atoms. The maximum Gasteiger partial charge on any atom is 0.196 e. The third-order valence-corrected chi connectivity index (χ3v) is 3.26. The number of hydrogen-bond donors (Lipinski definition) is 1. The Morgan fingerprint density at radius 1 is 0.905 bits per heavy atom. The molecular formula is C16H11F3N2. The molecule has 106 valence electrons. The molecule has 1 aromatic heterocycles. The highest BCUT2D eigenvalue weighted by Gasteiger charge is 2.13. The third kappa shape index (κ3) is 2.54. The van der Waals surface area contributed by atoms with Gasteiger partial charge in [-0.2, -0.15) is 0 Å². The van der Waals surface area contributed by atoms with Gasteiger partial charge < -0.3 is 5.32 Å². The van der Waals surface area contributed by atoms with Crippen LogP contribution in [0.3, 0.4) is 0 Å². The first kappa shape index (κ1) is 13.4. The Labute approximate surface area is 119 Å². The van der Waals surface area contributed by atoms with Crippen molar-refractivity contribution < 1.29 is 13.2 Å². The summed E-state index contributed by atoms with van der Waals surface area (Å²) < 4.78 is 39.6. The van der Waals surface area contributed by atoms with Crippen LogP contribution in [0.2, 0.25) is 0 Å². The average Bonchev–Trinajstić information content (AvgIpc) is 2.52. The number of rotatable bonds is 3. The fourth-order valence-corrected chi connectivity index (χ4v) is 2.17. The maximum atomic E-state index is 13.6. The number of anilines is 1. The number of nitrogens with zero attached hydrogens (tertiary/aromatic N) is 1. The number of aromatic nitrogens is 1. The Morgan fingerprint density at radius 3 is 2.57 bits per heavy atom. The lowest BCUT2D eigenvalue weighted by Gasteiger charge is -2.10. The minimum Gasteiger partial charge on any atom is -0.378 e. The monoisotopic (exact) mass is 288 g/mol. The highest BCUT2D eigenvalue weighted by Crippen LogP contribution is 2.22. The van der Waals surface area contributed by atoms with Gasteiger partial charge in [-0.05, 0) is 23.1 Å². The summed E-state index contributed by atoms with van der Waals surface area (Å²) in [4.78, 5) is 4.11. The number of hydrogen-bond acceptors (Lipinski definition) is 2. The maximum absolute atomic E-state index is 13.6. The van der Waals surface area contributed by atoms with E-state index in [1.54, 1.807) is 12.4 Å². The topological polar surface area (TPSA) is 24.9 Å². The molecule has 0 aliphatic heterocycles. The molecule has 3 aromatic rings. The lowest BCUT2D eigenvalue weighted by molar-refractivity contribution is 0.449. The van der Waals surface area contributed by atoms with Crippen molar-refractivity contribution in [2.24, 2.45) is 0 Å². The summed E-state index contributed by atoms with van der Waals surface area (Å²) in [6.45, 7) is 0.260. The normalized spacial score (nSPS) is 10.8. The van der Waals surface area contributed by atoms with Crippen LogP contribution in [-0.2, 0) is 6.54 Å². The van der Waals surface area contributed by atoms with Crippen LogP contribution in [0.25, 0.3) is 10.8 Å². The van der Waals surface area contributed by atoms with Crippen molar-refractivity contribution in [2.75, 3.05) is 5.32 Å². The SMILES string of the molecule is Fc1ccc(NCc2cncc3ccccc23)c(F)c1F. The predicted octanol–water partition coefficient (Wildman–Crippen LogP) is 4.26. The average molecular weight is 288 g/mol. The largest absolute Gasteiger partial charge is 0.378 e. The minimum atomic E-state index is -1.48. The molecule has 0 bridgehead atoms. The third-order valence-electron chi connectivity index (χ3n) is 3.26. The lowest BCUT2D eigenvalue weighted by Crippen LogP contribution is -2.04. The fraction of sp³-hybridized carbons (Fsp3) is 0.0625. The van der Waals surface area contributed by atoms with E-state index in [4.69, 9.17) is 0 Å². The van der Waals surface area contributed by atoms with Gasteiger partial charge in [-0.25, -0.2) is 13.2 Å². The van der Waals surface area contributed by atoms with Crippen LogP contribution in [-0.4, -0.2) is 4.98 Å². The van der Waals surface area contributed by atoms with Crippen LogP contribution in [0.5, 0.6) is 0 Å². The Balaban J connectivity index is 1.89. The van der Waals surface area contributed by atoms with Crippen LogP contribution < -0.4 is 5.32 Å². The molecule has 5 heteroatoms. The van der Waals surface area contributed by atoms with Crippen LogP contribution in [0.1, 0.15) is 5.56 Å². The summed E-state index contributed by atoms with van der Waals surface area (Å²) in [6, 6.07) is 9.70. The highest BCUT2D eigenvalue weighted by atomic mass is 19.2. The van der Waals surface area contributed by atoms with E-state index < -0.39 is 17.5 Å². The summed E-state index contributed by atoms with van der Waals surface area (Å²) in [5.41, 5.74) is 0.763. The zero-order chi connectivity index (χ0) is 14.8. The van der Waals surface area contributed by atoms with Crippen molar-refractivity contribution in [3.05, 3.63) is 71.8 Å². The molecule has 0 saturated heterocycles. The van der Waals surface area contributed by atoms with Gasteiger partial charge in [-0.15, -0.1) is 0 Å². The van der Waals surface area contributed by atoms with Crippen LogP contribution >= 0.6 is 0 Å². The van der Waals surface area contributed by atoms with Crippen LogP contribution in [0, 0.1) is 17.5 Å². The Bertz CT molecular complexity index is 797. The second-order valence-electron chi connectivity index (χ2n) is 4.60. The van der Waals surface area contributed by atoms with E-state index in [-0.39, 0.29) is 12.2 Å². The molecule has 0 aliphatic rings. The molecule has 3 rings (SSSR count). The quantitative estimate of drug-likeness (QED) is 0.728. The first-order valence-corrected chi connectivity index (χ1v) is 6.36. The number of nitrogens with one attached hydrogen (secondary N) is 1. The minimum absolute atomic E-state index is 0.0816. The van der Waals surface area contributed by atoms with E-state index in [0.29, 0.717) is 0 Å². The van der Waals surface area contributed by atoms with Crippen molar-refractivity contribution >= 4 is 16.5 Å². The number of benzene rings is 2. The molecule has 1 heterocycles.